The van der Waals surface area contributed by atoms with Crippen LogP contribution in [0, 0.1) is 5.41 Å². The molecule has 1 aliphatic carbocycles. The van der Waals surface area contributed by atoms with Gasteiger partial charge in [-0.2, -0.15) is 0 Å². The molecule has 0 radical (unpaired) electrons. The average molecular weight is 326 g/mol. The Labute approximate surface area is 133 Å². The van der Waals surface area contributed by atoms with Gasteiger partial charge in [0.25, 0.3) is 0 Å². The Kier molecular flexibility index (Phi) is 5.14. The van der Waals surface area contributed by atoms with E-state index in [0.29, 0.717) is 11.5 Å². The number of rotatable bonds is 6. The zero-order chi connectivity index (χ0) is 16.4. The van der Waals surface area contributed by atoms with Crippen molar-refractivity contribution in [2.24, 2.45) is 10.6 Å². The van der Waals surface area contributed by atoms with Gasteiger partial charge < -0.3 is 10.1 Å². The van der Waals surface area contributed by atoms with Gasteiger partial charge in [-0.15, -0.1) is 0 Å². The lowest BCUT2D eigenvalue weighted by atomic mass is 9.87. The van der Waals surface area contributed by atoms with Gasteiger partial charge in [0.05, 0.1) is 7.11 Å². The van der Waals surface area contributed by atoms with E-state index in [2.05, 4.69) is 19.2 Å². The van der Waals surface area contributed by atoms with E-state index >= 15 is 0 Å². The highest BCUT2D eigenvalue weighted by atomic mass is 32.2. The van der Waals surface area contributed by atoms with Crippen molar-refractivity contribution in [1.29, 1.82) is 0 Å². The summed E-state index contributed by atoms with van der Waals surface area (Å²) < 4.78 is 28.3. The largest absolute Gasteiger partial charge is 0.495 e. The molecule has 1 fully saturated rings. The molecule has 0 heterocycles. The van der Waals surface area contributed by atoms with Gasteiger partial charge in [0.15, 0.2) is 0 Å². The van der Waals surface area contributed by atoms with E-state index in [1.165, 1.54) is 26.4 Å². The number of nitrogens with one attached hydrogen (secondary N) is 1. The number of benzene rings is 1. The van der Waals surface area contributed by atoms with E-state index in [9.17, 15) is 8.42 Å². The average Bonchev–Trinajstić information content (AvgIpc) is 2.77. The van der Waals surface area contributed by atoms with E-state index in [1.807, 2.05) is 6.07 Å². The van der Waals surface area contributed by atoms with E-state index < -0.39 is 10.0 Å². The molecule has 124 valence electrons. The standard InChI is InChI=1S/C16H26N2O3S/c1-16(2)9-4-5-15(16)18-10-8-12-6-7-13(21-3)14(11-12)22(17,19)20/h6-7,11,15,18H,4-5,8-10H2,1-3H3,(H2,17,19,20)/t15-/m1/s1. The lowest BCUT2D eigenvalue weighted by Crippen LogP contribution is -2.38. The van der Waals surface area contributed by atoms with Crippen LogP contribution in [0.5, 0.6) is 5.75 Å². The van der Waals surface area contributed by atoms with Crippen molar-refractivity contribution >= 4 is 10.0 Å². The summed E-state index contributed by atoms with van der Waals surface area (Å²) in [7, 11) is -2.33. The molecule has 6 heteroatoms. The maximum absolute atomic E-state index is 11.6. The molecule has 0 amide bonds. The topological polar surface area (TPSA) is 81.4 Å². The molecule has 1 aromatic rings. The smallest absolute Gasteiger partial charge is 0.241 e. The first-order valence-electron chi connectivity index (χ1n) is 7.67. The molecule has 0 spiro atoms. The maximum Gasteiger partial charge on any atom is 0.241 e. The van der Waals surface area contributed by atoms with Gasteiger partial charge in [0, 0.05) is 6.04 Å². The van der Waals surface area contributed by atoms with Crippen LogP contribution in [-0.2, 0) is 16.4 Å². The Morgan fingerprint density at radius 1 is 1.41 bits per heavy atom. The number of hydrogen-bond acceptors (Lipinski definition) is 4. The number of primary sulfonamides is 1. The monoisotopic (exact) mass is 326 g/mol. The quantitative estimate of drug-likeness (QED) is 0.838. The Bertz CT molecular complexity index is 626. The van der Waals surface area contributed by atoms with Gasteiger partial charge in [-0.25, -0.2) is 13.6 Å². The second-order valence-electron chi connectivity index (χ2n) is 6.67. The third-order valence-electron chi connectivity index (χ3n) is 4.60. The fraction of sp³-hybridized carbons (Fsp3) is 0.625. The number of ether oxygens (including phenoxy) is 1. The van der Waals surface area contributed by atoms with Gasteiger partial charge in [-0.1, -0.05) is 26.3 Å². The lowest BCUT2D eigenvalue weighted by molar-refractivity contribution is 0.285. The molecule has 1 aliphatic rings. The molecule has 0 unspecified atom stereocenters. The van der Waals surface area contributed by atoms with Crippen LogP contribution >= 0.6 is 0 Å². The van der Waals surface area contributed by atoms with Crippen molar-refractivity contribution < 1.29 is 13.2 Å². The molecule has 3 N–H and O–H groups in total. The second-order valence-corrected chi connectivity index (χ2v) is 8.20. The number of nitrogens with two attached hydrogens (primary N) is 1. The fourth-order valence-electron chi connectivity index (χ4n) is 3.19. The molecule has 0 aromatic heterocycles. The Morgan fingerprint density at radius 2 is 2.14 bits per heavy atom. The van der Waals surface area contributed by atoms with Crippen molar-refractivity contribution in [1.82, 2.24) is 5.32 Å². The summed E-state index contributed by atoms with van der Waals surface area (Å²) in [6.45, 7) is 5.42. The summed E-state index contributed by atoms with van der Waals surface area (Å²) in [5.74, 6) is 0.288. The molecule has 0 bridgehead atoms. The third kappa shape index (κ3) is 4.00. The van der Waals surface area contributed by atoms with Gasteiger partial charge in [-0.05, 0) is 48.9 Å². The molecule has 0 saturated heterocycles. The van der Waals surface area contributed by atoms with Crippen molar-refractivity contribution in [2.75, 3.05) is 13.7 Å². The van der Waals surface area contributed by atoms with Gasteiger partial charge in [0.2, 0.25) is 10.0 Å². The highest BCUT2D eigenvalue weighted by molar-refractivity contribution is 7.89. The minimum atomic E-state index is -3.77. The van der Waals surface area contributed by atoms with E-state index in [1.54, 1.807) is 12.1 Å². The summed E-state index contributed by atoms with van der Waals surface area (Å²) in [4.78, 5) is 0.0497. The molecule has 22 heavy (non-hydrogen) atoms. The molecule has 1 saturated carbocycles. The SMILES string of the molecule is COc1ccc(CCN[C@@H]2CCCC2(C)C)cc1S(N)(=O)=O. The van der Waals surface area contributed by atoms with Crippen LogP contribution in [-0.4, -0.2) is 28.1 Å². The van der Waals surface area contributed by atoms with Crippen LogP contribution < -0.4 is 15.2 Å². The minimum absolute atomic E-state index is 0.0497. The third-order valence-corrected chi connectivity index (χ3v) is 5.53. The predicted octanol–water partition coefficient (Wildman–Crippen LogP) is 2.05. The lowest BCUT2D eigenvalue weighted by Gasteiger charge is -2.28. The van der Waals surface area contributed by atoms with Crippen LogP contribution in [0.15, 0.2) is 23.1 Å². The normalized spacial score (nSPS) is 21.0. The molecule has 5 nitrogen and oxygen atoms in total. The maximum atomic E-state index is 11.6. The molecular weight excluding hydrogens is 300 g/mol. The molecular formula is C16H26N2O3S. The number of methoxy groups -OCH3 is 1. The van der Waals surface area contributed by atoms with E-state index in [-0.39, 0.29) is 10.6 Å². The van der Waals surface area contributed by atoms with Crippen LogP contribution in [0.2, 0.25) is 0 Å². The summed E-state index contributed by atoms with van der Waals surface area (Å²) in [5.41, 5.74) is 1.28. The molecule has 1 aromatic carbocycles. The first-order chi connectivity index (χ1) is 10.2. The first kappa shape index (κ1) is 17.2. The Balaban J connectivity index is 2.02. The van der Waals surface area contributed by atoms with E-state index in [4.69, 9.17) is 9.88 Å². The Morgan fingerprint density at radius 3 is 2.68 bits per heavy atom. The van der Waals surface area contributed by atoms with Crippen LogP contribution in [0.3, 0.4) is 0 Å². The van der Waals surface area contributed by atoms with Crippen LogP contribution in [0.25, 0.3) is 0 Å². The van der Waals surface area contributed by atoms with Gasteiger partial charge in [-0.3, -0.25) is 0 Å². The van der Waals surface area contributed by atoms with Crippen molar-refractivity contribution in [2.45, 2.75) is 50.5 Å². The first-order valence-corrected chi connectivity index (χ1v) is 9.22. The number of sulfonamides is 1. The molecule has 2 rings (SSSR count). The van der Waals surface area contributed by atoms with Gasteiger partial charge in [0.1, 0.15) is 10.6 Å². The highest BCUT2D eigenvalue weighted by Gasteiger charge is 2.33. The summed E-state index contributed by atoms with van der Waals surface area (Å²) in [6.07, 6.45) is 4.49. The zero-order valence-corrected chi connectivity index (χ0v) is 14.4. The van der Waals surface area contributed by atoms with E-state index in [0.717, 1.165) is 18.5 Å². The van der Waals surface area contributed by atoms with Crippen LogP contribution in [0.1, 0.15) is 38.7 Å². The van der Waals surface area contributed by atoms with Crippen molar-refractivity contribution in [3.8, 4) is 5.75 Å². The minimum Gasteiger partial charge on any atom is -0.495 e. The zero-order valence-electron chi connectivity index (χ0n) is 13.6. The van der Waals surface area contributed by atoms with Crippen LogP contribution in [0.4, 0.5) is 0 Å². The summed E-state index contributed by atoms with van der Waals surface area (Å²) in [5, 5.41) is 8.84. The second kappa shape index (κ2) is 6.56. The molecule has 0 aliphatic heterocycles. The fourth-order valence-corrected chi connectivity index (χ4v) is 3.94. The summed E-state index contributed by atoms with van der Waals surface area (Å²) >= 11 is 0. The van der Waals surface area contributed by atoms with Crippen molar-refractivity contribution in [3.63, 3.8) is 0 Å². The Hall–Kier alpha value is -1.11. The van der Waals surface area contributed by atoms with Gasteiger partial charge >= 0.3 is 0 Å². The predicted molar refractivity (Wildman–Crippen MR) is 87.5 cm³/mol. The van der Waals surface area contributed by atoms with Crippen molar-refractivity contribution in [3.05, 3.63) is 23.8 Å². The number of hydrogen-bond donors (Lipinski definition) is 2. The summed E-state index contributed by atoms with van der Waals surface area (Å²) in [6, 6.07) is 5.68. The molecule has 1 atom stereocenters. The highest BCUT2D eigenvalue weighted by Crippen LogP contribution is 2.37.